The first kappa shape index (κ1) is 14.8. The van der Waals surface area contributed by atoms with Crippen molar-refractivity contribution in [3.63, 3.8) is 0 Å². The van der Waals surface area contributed by atoms with E-state index in [4.69, 9.17) is 4.74 Å². The number of carbonyl (C=O) groups excluding carboxylic acids is 1. The topological polar surface area (TPSA) is 70.6 Å². The minimum absolute atomic E-state index is 0.215. The van der Waals surface area contributed by atoms with Crippen molar-refractivity contribution in [3.05, 3.63) is 29.8 Å². The Bertz CT molecular complexity index is 425. The third-order valence-electron chi connectivity index (χ3n) is 3.43. The average molecular weight is 278 g/mol. The Labute approximate surface area is 119 Å². The average Bonchev–Trinajstić information content (AvgIpc) is 2.92. The van der Waals surface area contributed by atoms with E-state index in [0.29, 0.717) is 18.3 Å². The van der Waals surface area contributed by atoms with Crippen molar-refractivity contribution in [2.45, 2.75) is 38.4 Å². The molecule has 2 atom stereocenters. The van der Waals surface area contributed by atoms with Gasteiger partial charge in [-0.3, -0.25) is 0 Å². The molecule has 1 aromatic rings. The molecule has 5 heteroatoms. The number of aliphatic hydroxyl groups excluding tert-OH is 1. The molecule has 1 saturated heterocycles. The third-order valence-corrected chi connectivity index (χ3v) is 3.43. The molecule has 1 aromatic carbocycles. The van der Waals surface area contributed by atoms with Crippen LogP contribution in [0.3, 0.4) is 0 Å². The highest BCUT2D eigenvalue weighted by atomic mass is 16.5. The van der Waals surface area contributed by atoms with Gasteiger partial charge in [0.2, 0.25) is 0 Å². The van der Waals surface area contributed by atoms with Gasteiger partial charge in [0.1, 0.15) is 0 Å². The zero-order chi connectivity index (χ0) is 14.4. The van der Waals surface area contributed by atoms with Crippen LogP contribution in [0.25, 0.3) is 0 Å². The smallest absolute Gasteiger partial charge is 0.319 e. The van der Waals surface area contributed by atoms with Crippen LogP contribution in [0.1, 0.15) is 37.9 Å². The van der Waals surface area contributed by atoms with Crippen LogP contribution in [0.2, 0.25) is 0 Å². The lowest BCUT2D eigenvalue weighted by molar-refractivity contribution is 0.105. The second kappa shape index (κ2) is 7.26. The van der Waals surface area contributed by atoms with Crippen LogP contribution in [0, 0.1) is 0 Å². The zero-order valence-corrected chi connectivity index (χ0v) is 11.8. The minimum Gasteiger partial charge on any atom is -0.389 e. The molecule has 2 amide bonds. The molecule has 20 heavy (non-hydrogen) atoms. The summed E-state index contributed by atoms with van der Waals surface area (Å²) >= 11 is 0. The zero-order valence-electron chi connectivity index (χ0n) is 11.8. The van der Waals surface area contributed by atoms with Crippen molar-refractivity contribution in [1.29, 1.82) is 0 Å². The van der Waals surface area contributed by atoms with Crippen molar-refractivity contribution < 1.29 is 14.6 Å². The molecule has 1 aliphatic heterocycles. The summed E-state index contributed by atoms with van der Waals surface area (Å²) in [5, 5.41) is 15.0. The molecule has 1 aliphatic rings. The molecule has 0 saturated carbocycles. The molecule has 0 radical (unpaired) electrons. The second-order valence-corrected chi connectivity index (χ2v) is 5.10. The summed E-state index contributed by atoms with van der Waals surface area (Å²) in [6.45, 7) is 3.16. The van der Waals surface area contributed by atoms with E-state index in [0.717, 1.165) is 31.4 Å². The van der Waals surface area contributed by atoms with Crippen molar-refractivity contribution in [2.75, 3.05) is 18.5 Å². The van der Waals surface area contributed by atoms with E-state index in [-0.39, 0.29) is 6.03 Å². The van der Waals surface area contributed by atoms with E-state index in [1.165, 1.54) is 0 Å². The van der Waals surface area contributed by atoms with Gasteiger partial charge in [0, 0.05) is 18.8 Å². The Morgan fingerprint density at radius 2 is 2.20 bits per heavy atom. The van der Waals surface area contributed by atoms with Gasteiger partial charge >= 0.3 is 6.03 Å². The highest BCUT2D eigenvalue weighted by molar-refractivity contribution is 5.89. The summed E-state index contributed by atoms with van der Waals surface area (Å²) in [6.07, 6.45) is 2.86. The lowest BCUT2D eigenvalue weighted by Gasteiger charge is -2.11. The molecule has 0 bridgehead atoms. The first-order valence-electron chi connectivity index (χ1n) is 7.09. The van der Waals surface area contributed by atoms with Crippen molar-refractivity contribution in [2.24, 2.45) is 0 Å². The number of carbonyl (C=O) groups is 1. The standard InChI is InChI=1S/C15H22N2O3/c1-11(18)12-4-6-13(7-5-12)17-15(19)16-9-8-14-3-2-10-20-14/h4-7,11,14,18H,2-3,8-10H2,1H3,(H2,16,17,19). The van der Waals surface area contributed by atoms with Gasteiger partial charge in [-0.25, -0.2) is 4.79 Å². The highest BCUT2D eigenvalue weighted by Crippen LogP contribution is 2.16. The first-order valence-corrected chi connectivity index (χ1v) is 7.09. The van der Waals surface area contributed by atoms with Crippen LogP contribution in [0.15, 0.2) is 24.3 Å². The molecular weight excluding hydrogens is 256 g/mol. The molecule has 110 valence electrons. The lowest BCUT2D eigenvalue weighted by atomic mass is 10.1. The number of aliphatic hydroxyl groups is 1. The summed E-state index contributed by atoms with van der Waals surface area (Å²) in [5.41, 5.74) is 1.54. The first-order chi connectivity index (χ1) is 9.65. The quantitative estimate of drug-likeness (QED) is 0.774. The molecule has 2 unspecified atom stereocenters. The molecule has 2 rings (SSSR count). The Balaban J connectivity index is 1.70. The number of nitrogens with one attached hydrogen (secondary N) is 2. The summed E-state index contributed by atoms with van der Waals surface area (Å²) in [6, 6.07) is 6.94. The largest absolute Gasteiger partial charge is 0.389 e. The molecule has 1 fully saturated rings. The summed E-state index contributed by atoms with van der Waals surface area (Å²) < 4.78 is 5.49. The fourth-order valence-corrected chi connectivity index (χ4v) is 2.24. The number of amides is 2. The van der Waals surface area contributed by atoms with E-state index in [1.54, 1.807) is 31.2 Å². The van der Waals surface area contributed by atoms with Crippen molar-refractivity contribution >= 4 is 11.7 Å². The molecule has 3 N–H and O–H groups in total. The van der Waals surface area contributed by atoms with Gasteiger partial charge < -0.3 is 20.5 Å². The van der Waals surface area contributed by atoms with E-state index < -0.39 is 6.10 Å². The monoisotopic (exact) mass is 278 g/mol. The summed E-state index contributed by atoms with van der Waals surface area (Å²) in [5.74, 6) is 0. The predicted molar refractivity (Wildman–Crippen MR) is 77.7 cm³/mol. The van der Waals surface area contributed by atoms with Gasteiger partial charge in [0.25, 0.3) is 0 Å². The maximum absolute atomic E-state index is 11.7. The number of hydrogen-bond acceptors (Lipinski definition) is 3. The van der Waals surface area contributed by atoms with Gasteiger partial charge in [-0.15, -0.1) is 0 Å². The van der Waals surface area contributed by atoms with Crippen molar-refractivity contribution in [3.8, 4) is 0 Å². The number of hydrogen-bond donors (Lipinski definition) is 3. The molecular formula is C15H22N2O3. The lowest BCUT2D eigenvalue weighted by Crippen LogP contribution is -2.31. The molecule has 1 heterocycles. The van der Waals surface area contributed by atoms with Crippen LogP contribution in [-0.4, -0.2) is 30.4 Å². The van der Waals surface area contributed by atoms with Gasteiger partial charge in [-0.2, -0.15) is 0 Å². The number of ether oxygens (including phenoxy) is 1. The van der Waals surface area contributed by atoms with E-state index in [1.807, 2.05) is 0 Å². The van der Waals surface area contributed by atoms with Crippen LogP contribution < -0.4 is 10.6 Å². The highest BCUT2D eigenvalue weighted by Gasteiger charge is 2.15. The predicted octanol–water partition coefficient (Wildman–Crippen LogP) is 2.43. The normalized spacial score (nSPS) is 19.6. The van der Waals surface area contributed by atoms with Gasteiger partial charge in [-0.1, -0.05) is 12.1 Å². The third kappa shape index (κ3) is 4.51. The van der Waals surface area contributed by atoms with Crippen LogP contribution in [-0.2, 0) is 4.74 Å². The Morgan fingerprint density at radius 1 is 1.45 bits per heavy atom. The van der Waals surface area contributed by atoms with Gasteiger partial charge in [0.05, 0.1) is 12.2 Å². The number of benzene rings is 1. The van der Waals surface area contributed by atoms with Gasteiger partial charge in [-0.05, 0) is 43.9 Å². The molecule has 0 aliphatic carbocycles. The summed E-state index contributed by atoms with van der Waals surface area (Å²) in [4.78, 5) is 11.7. The molecule has 0 spiro atoms. The maximum atomic E-state index is 11.7. The summed E-state index contributed by atoms with van der Waals surface area (Å²) in [7, 11) is 0. The number of urea groups is 1. The number of anilines is 1. The minimum atomic E-state index is -0.496. The van der Waals surface area contributed by atoms with E-state index in [9.17, 15) is 9.90 Å². The SMILES string of the molecule is CC(O)c1ccc(NC(=O)NCCC2CCCO2)cc1. The molecule has 0 aromatic heterocycles. The Kier molecular flexibility index (Phi) is 5.38. The van der Waals surface area contributed by atoms with E-state index >= 15 is 0 Å². The number of rotatable bonds is 5. The van der Waals surface area contributed by atoms with E-state index in [2.05, 4.69) is 10.6 Å². The Morgan fingerprint density at radius 3 is 2.80 bits per heavy atom. The van der Waals surface area contributed by atoms with Crippen LogP contribution in [0.5, 0.6) is 0 Å². The van der Waals surface area contributed by atoms with Crippen molar-refractivity contribution in [1.82, 2.24) is 5.32 Å². The maximum Gasteiger partial charge on any atom is 0.319 e. The van der Waals surface area contributed by atoms with Crippen LogP contribution >= 0.6 is 0 Å². The fourth-order valence-electron chi connectivity index (χ4n) is 2.24. The fraction of sp³-hybridized carbons (Fsp3) is 0.533. The van der Waals surface area contributed by atoms with Crippen LogP contribution in [0.4, 0.5) is 10.5 Å². The Hall–Kier alpha value is -1.59. The molecule has 5 nitrogen and oxygen atoms in total. The second-order valence-electron chi connectivity index (χ2n) is 5.10. The van der Waals surface area contributed by atoms with Gasteiger partial charge in [0.15, 0.2) is 0 Å².